The molecule has 0 aromatic carbocycles. The molecule has 0 bridgehead atoms. The molecule has 0 amide bonds. The van der Waals surface area contributed by atoms with E-state index in [1.165, 1.54) is 11.4 Å². The number of hydrogen-bond acceptors (Lipinski definition) is 5. The Hall–Kier alpha value is -1.51. The third-order valence-electron chi connectivity index (χ3n) is 2.80. The zero-order valence-corrected chi connectivity index (χ0v) is 12.8. The molecule has 0 radical (unpaired) electrons. The molecule has 0 aliphatic heterocycles. The van der Waals surface area contributed by atoms with Crippen molar-refractivity contribution in [1.82, 2.24) is 9.29 Å². The van der Waals surface area contributed by atoms with Gasteiger partial charge in [-0.1, -0.05) is 6.07 Å². The third kappa shape index (κ3) is 6.65. The van der Waals surface area contributed by atoms with Crippen LogP contribution in [0.25, 0.3) is 0 Å². The molecule has 0 saturated heterocycles. The maximum absolute atomic E-state index is 12.3. The van der Waals surface area contributed by atoms with Gasteiger partial charge in [0, 0.05) is 26.3 Å². The molecule has 1 rings (SSSR count). The van der Waals surface area contributed by atoms with Crippen molar-refractivity contribution in [2.45, 2.75) is 19.4 Å². The van der Waals surface area contributed by atoms with Crippen molar-refractivity contribution in [3.63, 3.8) is 0 Å². The highest BCUT2D eigenvalue weighted by molar-refractivity contribution is 7.89. The van der Waals surface area contributed by atoms with Crippen LogP contribution in [0.4, 0.5) is 0 Å². The van der Waals surface area contributed by atoms with Crippen LogP contribution in [0.15, 0.2) is 24.4 Å². The Morgan fingerprint density at radius 3 is 2.76 bits per heavy atom. The number of sulfonamides is 1. The summed E-state index contributed by atoms with van der Waals surface area (Å²) in [5.74, 6) is -1.20. The molecule has 0 atom stereocenters. The molecule has 0 aliphatic rings. The van der Waals surface area contributed by atoms with E-state index in [9.17, 15) is 13.2 Å². The number of carboxylic acid groups (broad SMARTS) is 1. The SMILES string of the molecule is COCCN(Cc1ccccn1)S(=O)(=O)CCCC(=O)O. The lowest BCUT2D eigenvalue weighted by atomic mass is 10.3. The van der Waals surface area contributed by atoms with E-state index >= 15 is 0 Å². The Morgan fingerprint density at radius 1 is 1.43 bits per heavy atom. The number of nitrogens with zero attached hydrogens (tertiary/aromatic N) is 2. The predicted octanol–water partition coefficient (Wildman–Crippen LogP) is 0.725. The number of ether oxygens (including phenoxy) is 1. The van der Waals surface area contributed by atoms with Gasteiger partial charge in [-0.05, 0) is 18.6 Å². The Morgan fingerprint density at radius 2 is 2.19 bits per heavy atom. The summed E-state index contributed by atoms with van der Waals surface area (Å²) in [6.07, 6.45) is 1.52. The molecule has 1 heterocycles. The summed E-state index contributed by atoms with van der Waals surface area (Å²) in [6.45, 7) is 0.632. The molecule has 0 aliphatic carbocycles. The molecule has 118 valence electrons. The van der Waals surface area contributed by atoms with Crippen molar-refractivity contribution in [3.05, 3.63) is 30.1 Å². The fourth-order valence-electron chi connectivity index (χ4n) is 1.72. The molecule has 1 aromatic heterocycles. The number of pyridine rings is 1. The lowest BCUT2D eigenvalue weighted by Gasteiger charge is -2.21. The second kappa shape index (κ2) is 8.71. The van der Waals surface area contributed by atoms with Crippen molar-refractivity contribution in [3.8, 4) is 0 Å². The van der Waals surface area contributed by atoms with Gasteiger partial charge >= 0.3 is 5.97 Å². The fourth-order valence-corrected chi connectivity index (χ4v) is 3.17. The van der Waals surface area contributed by atoms with Gasteiger partial charge in [0.2, 0.25) is 10.0 Å². The summed E-state index contributed by atoms with van der Waals surface area (Å²) in [4.78, 5) is 14.6. The predicted molar refractivity (Wildman–Crippen MR) is 77.2 cm³/mol. The zero-order valence-electron chi connectivity index (χ0n) is 11.9. The number of carbonyl (C=O) groups is 1. The van der Waals surface area contributed by atoms with Gasteiger partial charge < -0.3 is 9.84 Å². The standard InChI is InChI=1S/C13H20N2O5S/c1-20-9-8-15(11-12-5-2-3-7-14-12)21(18,19)10-4-6-13(16)17/h2-3,5,7H,4,6,8-11H2,1H3,(H,16,17). The van der Waals surface area contributed by atoms with E-state index in [1.807, 2.05) is 0 Å². The lowest BCUT2D eigenvalue weighted by molar-refractivity contribution is -0.137. The first-order chi connectivity index (χ1) is 9.95. The quantitative estimate of drug-likeness (QED) is 0.683. The minimum absolute atomic E-state index is 0.0867. The van der Waals surface area contributed by atoms with E-state index in [1.54, 1.807) is 24.4 Å². The second-order valence-corrected chi connectivity index (χ2v) is 6.55. The summed E-state index contributed by atoms with van der Waals surface area (Å²) in [7, 11) is -2.04. The molecular weight excluding hydrogens is 296 g/mol. The summed E-state index contributed by atoms with van der Waals surface area (Å²) in [5.41, 5.74) is 0.635. The van der Waals surface area contributed by atoms with Crippen molar-refractivity contribution in [1.29, 1.82) is 0 Å². The van der Waals surface area contributed by atoms with E-state index < -0.39 is 16.0 Å². The Balaban J connectivity index is 2.73. The maximum atomic E-state index is 12.3. The van der Waals surface area contributed by atoms with Crippen molar-refractivity contribution in [2.24, 2.45) is 0 Å². The topological polar surface area (TPSA) is 96.8 Å². The van der Waals surface area contributed by atoms with Gasteiger partial charge in [0.05, 0.1) is 24.6 Å². The first kappa shape index (κ1) is 17.5. The van der Waals surface area contributed by atoms with Crippen LogP contribution in [0.2, 0.25) is 0 Å². The van der Waals surface area contributed by atoms with Crippen LogP contribution in [0.5, 0.6) is 0 Å². The summed E-state index contributed by atoms with van der Waals surface area (Å²) in [6, 6.07) is 5.28. The minimum atomic E-state index is -3.54. The smallest absolute Gasteiger partial charge is 0.303 e. The van der Waals surface area contributed by atoms with E-state index in [4.69, 9.17) is 9.84 Å². The number of rotatable bonds is 10. The monoisotopic (exact) mass is 316 g/mol. The van der Waals surface area contributed by atoms with Gasteiger partial charge in [-0.25, -0.2) is 8.42 Å². The van der Waals surface area contributed by atoms with Crippen molar-refractivity contribution < 1.29 is 23.1 Å². The van der Waals surface area contributed by atoms with Crippen molar-refractivity contribution >= 4 is 16.0 Å². The highest BCUT2D eigenvalue weighted by atomic mass is 32.2. The van der Waals surface area contributed by atoms with E-state index in [0.29, 0.717) is 5.69 Å². The van der Waals surface area contributed by atoms with E-state index in [2.05, 4.69) is 4.98 Å². The first-order valence-electron chi connectivity index (χ1n) is 6.54. The normalized spacial score (nSPS) is 11.7. The zero-order chi connectivity index (χ0) is 15.7. The van der Waals surface area contributed by atoms with E-state index in [0.717, 1.165) is 0 Å². The van der Waals surface area contributed by atoms with Crippen LogP contribution in [-0.4, -0.2) is 54.8 Å². The Bertz CT molecular complexity index is 533. The number of aliphatic carboxylic acids is 1. The van der Waals surface area contributed by atoms with Gasteiger partial charge in [-0.15, -0.1) is 0 Å². The van der Waals surface area contributed by atoms with Crippen LogP contribution in [-0.2, 0) is 26.1 Å². The van der Waals surface area contributed by atoms with Gasteiger partial charge in [0.1, 0.15) is 0 Å². The Kier molecular flexibility index (Phi) is 7.27. The summed E-state index contributed by atoms with van der Waals surface area (Å²) >= 11 is 0. The fraction of sp³-hybridized carbons (Fsp3) is 0.538. The number of aromatic nitrogens is 1. The highest BCUT2D eigenvalue weighted by Crippen LogP contribution is 2.10. The molecule has 21 heavy (non-hydrogen) atoms. The van der Waals surface area contributed by atoms with Crippen LogP contribution < -0.4 is 0 Å². The maximum Gasteiger partial charge on any atom is 0.303 e. The minimum Gasteiger partial charge on any atom is -0.481 e. The molecule has 1 aromatic rings. The second-order valence-electron chi connectivity index (χ2n) is 4.46. The molecule has 0 fully saturated rings. The molecule has 0 spiro atoms. The van der Waals surface area contributed by atoms with Crippen LogP contribution in [0.1, 0.15) is 18.5 Å². The van der Waals surface area contributed by atoms with Crippen LogP contribution >= 0.6 is 0 Å². The van der Waals surface area contributed by atoms with Gasteiger partial charge in [-0.2, -0.15) is 4.31 Å². The average molecular weight is 316 g/mol. The molecule has 0 saturated carbocycles. The van der Waals surface area contributed by atoms with E-state index in [-0.39, 0.29) is 38.3 Å². The largest absolute Gasteiger partial charge is 0.481 e. The molecule has 1 N–H and O–H groups in total. The van der Waals surface area contributed by atoms with Crippen LogP contribution in [0, 0.1) is 0 Å². The van der Waals surface area contributed by atoms with Gasteiger partial charge in [0.15, 0.2) is 0 Å². The highest BCUT2D eigenvalue weighted by Gasteiger charge is 2.22. The van der Waals surface area contributed by atoms with Gasteiger partial charge in [0.25, 0.3) is 0 Å². The number of carboxylic acids is 1. The first-order valence-corrected chi connectivity index (χ1v) is 8.15. The summed E-state index contributed by atoms with van der Waals surface area (Å²) in [5, 5.41) is 8.59. The third-order valence-corrected chi connectivity index (χ3v) is 4.70. The summed E-state index contributed by atoms with van der Waals surface area (Å²) < 4.78 is 30.7. The molecule has 0 unspecified atom stereocenters. The molecule has 7 nitrogen and oxygen atoms in total. The van der Waals surface area contributed by atoms with Gasteiger partial charge in [-0.3, -0.25) is 9.78 Å². The number of methoxy groups -OCH3 is 1. The van der Waals surface area contributed by atoms with Crippen LogP contribution in [0.3, 0.4) is 0 Å². The lowest BCUT2D eigenvalue weighted by Crippen LogP contribution is -2.35. The Labute approximate surface area is 124 Å². The molecule has 8 heteroatoms. The van der Waals surface area contributed by atoms with Crippen molar-refractivity contribution in [2.75, 3.05) is 26.0 Å². The molecular formula is C13H20N2O5S. The average Bonchev–Trinajstić information content (AvgIpc) is 2.43. The number of hydrogen-bond donors (Lipinski definition) is 1.